The van der Waals surface area contributed by atoms with Gasteiger partial charge in [-0.25, -0.2) is 0 Å². The standard InChI is InChI=1S/C14H24N4O/c1-10-4-3-5-12(7-6-10)17-14(19)13(15)11-8-16-18(2)9-11/h8-10,12-13H,3-7,15H2,1-2H3,(H,17,19). The lowest BCUT2D eigenvalue weighted by atomic mass is 10.0. The quantitative estimate of drug-likeness (QED) is 0.813. The Hall–Kier alpha value is -1.36. The van der Waals surface area contributed by atoms with E-state index in [1.54, 1.807) is 17.1 Å². The number of amides is 1. The molecule has 106 valence electrons. The third-order valence-electron chi connectivity index (χ3n) is 3.97. The lowest BCUT2D eigenvalue weighted by Gasteiger charge is -2.19. The smallest absolute Gasteiger partial charge is 0.241 e. The van der Waals surface area contributed by atoms with Gasteiger partial charge in [0.1, 0.15) is 6.04 Å². The van der Waals surface area contributed by atoms with Crippen molar-refractivity contribution in [3.63, 3.8) is 0 Å². The first-order valence-corrected chi connectivity index (χ1v) is 7.10. The first-order valence-electron chi connectivity index (χ1n) is 7.10. The van der Waals surface area contributed by atoms with Crippen molar-refractivity contribution >= 4 is 5.91 Å². The summed E-state index contributed by atoms with van der Waals surface area (Å²) < 4.78 is 1.66. The zero-order valence-corrected chi connectivity index (χ0v) is 11.8. The topological polar surface area (TPSA) is 72.9 Å². The van der Waals surface area contributed by atoms with Crippen molar-refractivity contribution in [2.45, 2.75) is 51.1 Å². The van der Waals surface area contributed by atoms with Crippen LogP contribution in [0.15, 0.2) is 12.4 Å². The predicted molar refractivity (Wildman–Crippen MR) is 74.3 cm³/mol. The van der Waals surface area contributed by atoms with Gasteiger partial charge in [-0.3, -0.25) is 9.48 Å². The molecule has 3 N–H and O–H groups in total. The van der Waals surface area contributed by atoms with Crippen LogP contribution in [0.4, 0.5) is 0 Å². The second-order valence-corrected chi connectivity index (χ2v) is 5.74. The second-order valence-electron chi connectivity index (χ2n) is 5.74. The molecule has 0 saturated heterocycles. The first kappa shape index (κ1) is 14.1. The van der Waals surface area contributed by atoms with E-state index in [0.29, 0.717) is 0 Å². The Kier molecular flexibility index (Phi) is 4.58. The summed E-state index contributed by atoms with van der Waals surface area (Å²) in [7, 11) is 1.82. The molecule has 1 aliphatic carbocycles. The normalized spacial score (nSPS) is 25.6. The summed E-state index contributed by atoms with van der Waals surface area (Å²) in [6.07, 6.45) is 9.21. The van der Waals surface area contributed by atoms with Gasteiger partial charge in [0.25, 0.3) is 0 Å². The van der Waals surface area contributed by atoms with Crippen molar-refractivity contribution in [2.24, 2.45) is 18.7 Å². The van der Waals surface area contributed by atoms with Gasteiger partial charge >= 0.3 is 0 Å². The maximum absolute atomic E-state index is 12.1. The highest BCUT2D eigenvalue weighted by atomic mass is 16.2. The Morgan fingerprint density at radius 3 is 2.95 bits per heavy atom. The number of nitrogens with zero attached hydrogens (tertiary/aromatic N) is 2. The van der Waals surface area contributed by atoms with E-state index in [4.69, 9.17) is 5.73 Å². The summed E-state index contributed by atoms with van der Waals surface area (Å²) in [5.41, 5.74) is 6.74. The molecule has 1 aromatic heterocycles. The van der Waals surface area contributed by atoms with Crippen LogP contribution in [0.1, 0.15) is 50.6 Å². The van der Waals surface area contributed by atoms with E-state index < -0.39 is 6.04 Å². The van der Waals surface area contributed by atoms with Gasteiger partial charge in [0, 0.05) is 24.8 Å². The Balaban J connectivity index is 1.89. The molecule has 1 fully saturated rings. The summed E-state index contributed by atoms with van der Waals surface area (Å²) in [5, 5.41) is 7.13. The van der Waals surface area contributed by atoms with Crippen LogP contribution in [0.3, 0.4) is 0 Å². The van der Waals surface area contributed by atoms with Gasteiger partial charge in [-0.2, -0.15) is 5.10 Å². The van der Waals surface area contributed by atoms with E-state index >= 15 is 0 Å². The van der Waals surface area contributed by atoms with Crippen LogP contribution in [-0.2, 0) is 11.8 Å². The van der Waals surface area contributed by atoms with Crippen LogP contribution in [0.5, 0.6) is 0 Å². The summed E-state index contributed by atoms with van der Waals surface area (Å²) in [5.74, 6) is 0.682. The molecule has 3 atom stereocenters. The molecular formula is C14H24N4O. The highest BCUT2D eigenvalue weighted by Gasteiger charge is 2.22. The lowest BCUT2D eigenvalue weighted by molar-refractivity contribution is -0.123. The average molecular weight is 264 g/mol. The number of aryl methyl sites for hydroxylation is 1. The molecule has 0 aliphatic heterocycles. The minimum absolute atomic E-state index is 0.0902. The highest BCUT2D eigenvalue weighted by molar-refractivity contribution is 5.83. The fourth-order valence-corrected chi connectivity index (χ4v) is 2.67. The van der Waals surface area contributed by atoms with Gasteiger partial charge in [0.15, 0.2) is 0 Å². The van der Waals surface area contributed by atoms with Crippen molar-refractivity contribution in [1.82, 2.24) is 15.1 Å². The van der Waals surface area contributed by atoms with E-state index in [2.05, 4.69) is 17.3 Å². The molecule has 2 rings (SSSR count). The van der Waals surface area contributed by atoms with E-state index in [1.807, 2.05) is 7.05 Å². The second kappa shape index (κ2) is 6.19. The molecule has 5 heteroatoms. The maximum atomic E-state index is 12.1. The molecule has 0 bridgehead atoms. The van der Waals surface area contributed by atoms with E-state index in [9.17, 15) is 4.79 Å². The van der Waals surface area contributed by atoms with Crippen LogP contribution >= 0.6 is 0 Å². The van der Waals surface area contributed by atoms with E-state index in [0.717, 1.165) is 24.3 Å². The molecule has 0 radical (unpaired) electrons. The Morgan fingerprint density at radius 2 is 2.26 bits per heavy atom. The molecule has 5 nitrogen and oxygen atoms in total. The Bertz CT molecular complexity index is 429. The van der Waals surface area contributed by atoms with Gasteiger partial charge in [0.2, 0.25) is 5.91 Å². The van der Waals surface area contributed by atoms with E-state index in [-0.39, 0.29) is 11.9 Å². The summed E-state index contributed by atoms with van der Waals surface area (Å²) in [6.45, 7) is 2.28. The Morgan fingerprint density at radius 1 is 1.47 bits per heavy atom. The Labute approximate surface area is 114 Å². The third kappa shape index (κ3) is 3.80. The van der Waals surface area contributed by atoms with Crippen molar-refractivity contribution < 1.29 is 4.79 Å². The van der Waals surface area contributed by atoms with Crippen LogP contribution in [-0.4, -0.2) is 21.7 Å². The van der Waals surface area contributed by atoms with Crippen LogP contribution < -0.4 is 11.1 Å². The number of rotatable bonds is 3. The molecule has 1 heterocycles. The zero-order chi connectivity index (χ0) is 13.8. The van der Waals surface area contributed by atoms with Crippen LogP contribution in [0, 0.1) is 5.92 Å². The average Bonchev–Trinajstić information content (AvgIpc) is 2.70. The molecular weight excluding hydrogens is 240 g/mol. The minimum atomic E-state index is -0.616. The summed E-state index contributed by atoms with van der Waals surface area (Å²) in [6, 6.07) is -0.338. The van der Waals surface area contributed by atoms with Gasteiger partial charge in [-0.15, -0.1) is 0 Å². The van der Waals surface area contributed by atoms with Gasteiger partial charge in [-0.05, 0) is 25.2 Å². The predicted octanol–water partition coefficient (Wildman–Crippen LogP) is 1.50. The molecule has 19 heavy (non-hydrogen) atoms. The summed E-state index contributed by atoms with van der Waals surface area (Å²) in [4.78, 5) is 12.1. The van der Waals surface area contributed by atoms with Gasteiger partial charge in [0.05, 0.1) is 6.20 Å². The number of hydrogen-bond acceptors (Lipinski definition) is 3. The zero-order valence-electron chi connectivity index (χ0n) is 11.8. The van der Waals surface area contributed by atoms with Gasteiger partial charge in [-0.1, -0.05) is 19.8 Å². The van der Waals surface area contributed by atoms with Crippen molar-refractivity contribution in [2.75, 3.05) is 0 Å². The maximum Gasteiger partial charge on any atom is 0.241 e. The SMILES string of the molecule is CC1CCCC(NC(=O)C(N)c2cnn(C)c2)CC1. The molecule has 0 aromatic carbocycles. The van der Waals surface area contributed by atoms with Gasteiger partial charge < -0.3 is 11.1 Å². The highest BCUT2D eigenvalue weighted by Crippen LogP contribution is 2.23. The molecule has 0 spiro atoms. The molecule has 1 aromatic rings. The number of carbonyl (C=O) groups excluding carboxylic acids is 1. The third-order valence-corrected chi connectivity index (χ3v) is 3.97. The van der Waals surface area contributed by atoms with Crippen molar-refractivity contribution in [3.05, 3.63) is 18.0 Å². The molecule has 1 amide bonds. The monoisotopic (exact) mass is 264 g/mol. The number of nitrogens with one attached hydrogen (secondary N) is 1. The summed E-state index contributed by atoms with van der Waals surface area (Å²) >= 11 is 0. The molecule has 1 aliphatic rings. The number of nitrogens with two attached hydrogens (primary N) is 1. The first-order chi connectivity index (χ1) is 9.06. The van der Waals surface area contributed by atoms with Crippen LogP contribution in [0.25, 0.3) is 0 Å². The fourth-order valence-electron chi connectivity index (χ4n) is 2.67. The van der Waals surface area contributed by atoms with Crippen LogP contribution in [0.2, 0.25) is 0 Å². The van der Waals surface area contributed by atoms with E-state index in [1.165, 1.54) is 19.3 Å². The molecule has 3 unspecified atom stereocenters. The number of hydrogen-bond donors (Lipinski definition) is 2. The molecule has 1 saturated carbocycles. The largest absolute Gasteiger partial charge is 0.352 e. The number of carbonyl (C=O) groups is 1. The fraction of sp³-hybridized carbons (Fsp3) is 0.714. The lowest BCUT2D eigenvalue weighted by Crippen LogP contribution is -2.40. The minimum Gasteiger partial charge on any atom is -0.352 e. The van der Waals surface area contributed by atoms with Crippen molar-refractivity contribution in [3.8, 4) is 0 Å². The van der Waals surface area contributed by atoms with Crippen molar-refractivity contribution in [1.29, 1.82) is 0 Å². The number of aromatic nitrogens is 2.